The molecule has 0 fully saturated rings. The third-order valence-electron chi connectivity index (χ3n) is 3.25. The summed E-state index contributed by atoms with van der Waals surface area (Å²) in [5, 5.41) is 13.1. The Balaban J connectivity index is 1.91. The van der Waals surface area contributed by atoms with Crippen molar-refractivity contribution in [1.29, 1.82) is 0 Å². The van der Waals surface area contributed by atoms with Gasteiger partial charge in [-0.05, 0) is 30.7 Å². The average Bonchev–Trinajstić information content (AvgIpc) is 2.90. The van der Waals surface area contributed by atoms with E-state index in [9.17, 15) is 5.11 Å². The van der Waals surface area contributed by atoms with E-state index in [1.54, 1.807) is 12.1 Å². The van der Waals surface area contributed by atoms with Crippen LogP contribution in [0.1, 0.15) is 25.3 Å². The zero-order valence-corrected chi connectivity index (χ0v) is 11.2. The molecular weight excluding hydrogens is 252 g/mol. The number of aromatic nitrogens is 1. The molecule has 4 heteroatoms. The first-order valence-electron chi connectivity index (χ1n) is 6.68. The maximum Gasteiger partial charge on any atom is 0.217 e. The van der Waals surface area contributed by atoms with Crippen LogP contribution in [0, 0.1) is 0 Å². The highest BCUT2D eigenvalue weighted by atomic mass is 16.3. The van der Waals surface area contributed by atoms with Crippen LogP contribution in [0.5, 0.6) is 5.75 Å². The fourth-order valence-electron chi connectivity index (χ4n) is 2.16. The maximum atomic E-state index is 9.83. The van der Waals surface area contributed by atoms with Gasteiger partial charge in [0.1, 0.15) is 17.3 Å². The predicted octanol–water partition coefficient (Wildman–Crippen LogP) is 4.10. The summed E-state index contributed by atoms with van der Waals surface area (Å²) in [7, 11) is 0. The lowest BCUT2D eigenvalue weighted by molar-refractivity contribution is 0.467. The number of aromatic hydroxyl groups is 1. The maximum absolute atomic E-state index is 9.83. The Bertz CT molecular complexity index is 688. The largest absolute Gasteiger partial charge is 0.506 e. The van der Waals surface area contributed by atoms with Crippen molar-refractivity contribution in [2.45, 2.75) is 19.4 Å². The van der Waals surface area contributed by atoms with Crippen molar-refractivity contribution in [2.24, 2.45) is 0 Å². The number of benzene rings is 2. The van der Waals surface area contributed by atoms with E-state index >= 15 is 0 Å². The molecule has 2 aromatic carbocycles. The second-order valence-corrected chi connectivity index (χ2v) is 4.64. The van der Waals surface area contributed by atoms with Gasteiger partial charge in [-0.3, -0.25) is 0 Å². The van der Waals surface area contributed by atoms with Crippen LogP contribution in [0.15, 0.2) is 52.9 Å². The summed E-state index contributed by atoms with van der Waals surface area (Å²) < 4.78 is 5.78. The number of fused-ring (bicyclic) bond motifs is 1. The van der Waals surface area contributed by atoms with E-state index in [-0.39, 0.29) is 11.8 Å². The first-order valence-corrected chi connectivity index (χ1v) is 6.68. The number of phenols is 1. The molecule has 0 aliphatic rings. The first-order chi connectivity index (χ1) is 9.78. The van der Waals surface area contributed by atoms with Crippen molar-refractivity contribution in [1.82, 2.24) is 4.98 Å². The van der Waals surface area contributed by atoms with Gasteiger partial charge >= 0.3 is 0 Å². The van der Waals surface area contributed by atoms with E-state index in [1.807, 2.05) is 43.3 Å². The zero-order valence-electron chi connectivity index (χ0n) is 11.2. The average molecular weight is 268 g/mol. The van der Waals surface area contributed by atoms with Crippen LogP contribution in [-0.4, -0.2) is 10.1 Å². The molecule has 0 radical (unpaired) electrons. The quantitative estimate of drug-likeness (QED) is 0.699. The Labute approximate surface area is 117 Å². The van der Waals surface area contributed by atoms with Gasteiger partial charge in [-0.1, -0.05) is 31.2 Å². The fraction of sp³-hybridized carbons (Fsp3) is 0.188. The zero-order chi connectivity index (χ0) is 13.9. The smallest absolute Gasteiger partial charge is 0.217 e. The predicted molar refractivity (Wildman–Crippen MR) is 78.8 cm³/mol. The van der Waals surface area contributed by atoms with Crippen LogP contribution in [0.2, 0.25) is 0 Å². The number of anilines is 1. The Morgan fingerprint density at radius 2 is 1.90 bits per heavy atom. The third-order valence-corrected chi connectivity index (χ3v) is 3.25. The summed E-state index contributed by atoms with van der Waals surface area (Å²) in [5.74, 6) is 0.860. The summed E-state index contributed by atoms with van der Waals surface area (Å²) in [4.78, 5) is 4.50. The number of hydrogen-bond donors (Lipinski definition) is 2. The topological polar surface area (TPSA) is 58.3 Å². The normalized spacial score (nSPS) is 12.4. The number of phenolic OH excluding ortho intramolecular Hbond substituents is 1. The van der Waals surface area contributed by atoms with Crippen LogP contribution in [-0.2, 0) is 0 Å². The molecule has 2 N–H and O–H groups in total. The summed E-state index contributed by atoms with van der Waals surface area (Å²) in [5.41, 5.74) is 2.31. The summed E-state index contributed by atoms with van der Waals surface area (Å²) in [6, 6.07) is 14.8. The highest BCUT2D eigenvalue weighted by Gasteiger charge is 2.17. The number of para-hydroxylation sites is 4. The molecule has 1 aromatic heterocycles. The Kier molecular flexibility index (Phi) is 3.29. The first kappa shape index (κ1) is 12.5. The molecule has 0 spiro atoms. The van der Waals surface area contributed by atoms with Gasteiger partial charge in [0.15, 0.2) is 5.58 Å². The van der Waals surface area contributed by atoms with Crippen LogP contribution < -0.4 is 5.32 Å². The van der Waals surface area contributed by atoms with Crippen LogP contribution in [0.25, 0.3) is 11.1 Å². The van der Waals surface area contributed by atoms with E-state index in [4.69, 9.17) is 4.42 Å². The molecule has 0 aliphatic heterocycles. The van der Waals surface area contributed by atoms with Gasteiger partial charge in [-0.15, -0.1) is 0 Å². The Morgan fingerprint density at radius 3 is 2.65 bits per heavy atom. The summed E-state index contributed by atoms with van der Waals surface area (Å²) in [6.45, 7) is 2.05. The third kappa shape index (κ3) is 2.32. The van der Waals surface area contributed by atoms with Crippen molar-refractivity contribution in [2.75, 3.05) is 5.32 Å². The molecule has 20 heavy (non-hydrogen) atoms. The van der Waals surface area contributed by atoms with E-state index in [0.29, 0.717) is 11.6 Å². The SMILES string of the molecule is CCC(Nc1ccccc1O)c1nc2ccccc2o1. The van der Waals surface area contributed by atoms with Crippen molar-refractivity contribution in [3.05, 3.63) is 54.4 Å². The lowest BCUT2D eigenvalue weighted by Crippen LogP contribution is -2.10. The minimum Gasteiger partial charge on any atom is -0.506 e. The van der Waals surface area contributed by atoms with Gasteiger partial charge in [-0.2, -0.15) is 0 Å². The molecule has 3 rings (SSSR count). The number of nitrogens with one attached hydrogen (secondary N) is 1. The molecule has 1 atom stereocenters. The van der Waals surface area contributed by atoms with Gasteiger partial charge in [0.2, 0.25) is 5.89 Å². The second-order valence-electron chi connectivity index (χ2n) is 4.64. The summed E-state index contributed by atoms with van der Waals surface area (Å²) >= 11 is 0. The Hall–Kier alpha value is -2.49. The molecule has 3 aromatic rings. The van der Waals surface area contributed by atoms with Crippen molar-refractivity contribution in [3.63, 3.8) is 0 Å². The van der Waals surface area contributed by atoms with Crippen molar-refractivity contribution in [3.8, 4) is 5.75 Å². The molecule has 102 valence electrons. The molecule has 1 unspecified atom stereocenters. The van der Waals surface area contributed by atoms with Crippen molar-refractivity contribution < 1.29 is 9.52 Å². The molecule has 1 heterocycles. The molecule has 0 bridgehead atoms. The monoisotopic (exact) mass is 268 g/mol. The molecule has 0 aliphatic carbocycles. The fourth-order valence-corrected chi connectivity index (χ4v) is 2.16. The molecule has 0 amide bonds. The van der Waals surface area contributed by atoms with E-state index in [1.165, 1.54) is 0 Å². The molecular formula is C16H16N2O2. The van der Waals surface area contributed by atoms with Gasteiger partial charge in [-0.25, -0.2) is 4.98 Å². The van der Waals surface area contributed by atoms with E-state index < -0.39 is 0 Å². The van der Waals surface area contributed by atoms with E-state index in [0.717, 1.165) is 17.5 Å². The van der Waals surface area contributed by atoms with Gasteiger partial charge in [0.05, 0.1) is 5.69 Å². The number of nitrogens with zero attached hydrogens (tertiary/aromatic N) is 1. The van der Waals surface area contributed by atoms with Gasteiger partial charge < -0.3 is 14.8 Å². The molecule has 0 saturated heterocycles. The molecule has 4 nitrogen and oxygen atoms in total. The van der Waals surface area contributed by atoms with Crippen LogP contribution in [0.4, 0.5) is 5.69 Å². The van der Waals surface area contributed by atoms with Crippen LogP contribution >= 0.6 is 0 Å². The second kappa shape index (κ2) is 5.25. The van der Waals surface area contributed by atoms with Crippen LogP contribution in [0.3, 0.4) is 0 Å². The Morgan fingerprint density at radius 1 is 1.15 bits per heavy atom. The highest BCUT2D eigenvalue weighted by molar-refractivity contribution is 5.72. The van der Waals surface area contributed by atoms with Gasteiger partial charge in [0.25, 0.3) is 0 Å². The van der Waals surface area contributed by atoms with E-state index in [2.05, 4.69) is 10.3 Å². The highest BCUT2D eigenvalue weighted by Crippen LogP contribution is 2.29. The molecule has 0 saturated carbocycles. The lowest BCUT2D eigenvalue weighted by atomic mass is 10.2. The summed E-state index contributed by atoms with van der Waals surface area (Å²) in [6.07, 6.45) is 0.807. The number of rotatable bonds is 4. The number of oxazole rings is 1. The van der Waals surface area contributed by atoms with Gasteiger partial charge in [0, 0.05) is 0 Å². The lowest BCUT2D eigenvalue weighted by Gasteiger charge is -2.15. The van der Waals surface area contributed by atoms with Crippen molar-refractivity contribution >= 4 is 16.8 Å². The number of hydrogen-bond acceptors (Lipinski definition) is 4. The minimum absolute atomic E-state index is 0.0734. The standard InChI is InChI=1S/C16H16N2O2/c1-2-11(17-12-7-3-5-9-14(12)19)16-18-13-8-4-6-10-15(13)20-16/h3-11,17,19H,2H2,1H3. The minimum atomic E-state index is -0.0734.